The van der Waals surface area contributed by atoms with Gasteiger partial charge in [-0.1, -0.05) is 23.1 Å². The smallest absolute Gasteiger partial charge is 0.397 e. The highest BCUT2D eigenvalue weighted by Gasteiger charge is 2.33. The molecule has 0 radical (unpaired) electrons. The van der Waals surface area contributed by atoms with Gasteiger partial charge in [0.25, 0.3) is 0 Å². The molecule has 2 heterocycles. The zero-order valence-electron chi connectivity index (χ0n) is 9.02. The number of halogens is 3. The van der Waals surface area contributed by atoms with Crippen LogP contribution in [0.15, 0.2) is 21.5 Å². The Bertz CT molecular complexity index is 567. The number of rotatable bonds is 2. The average molecular weight is 292 g/mol. The lowest BCUT2D eigenvalue weighted by atomic mass is 10.3. The van der Waals surface area contributed by atoms with Crippen LogP contribution in [0.2, 0.25) is 0 Å². The van der Waals surface area contributed by atoms with Crippen LogP contribution in [0.3, 0.4) is 0 Å². The number of pyridine rings is 1. The first-order valence-corrected chi connectivity index (χ1v) is 6.30. The fourth-order valence-corrected chi connectivity index (χ4v) is 2.93. The maximum atomic E-state index is 12.5. The van der Waals surface area contributed by atoms with Crippen LogP contribution in [0.1, 0.15) is 10.7 Å². The number of anilines is 1. The summed E-state index contributed by atoms with van der Waals surface area (Å²) in [5, 5.41) is 8.34. The first-order valence-electron chi connectivity index (χ1n) is 4.67. The van der Waals surface area contributed by atoms with Gasteiger partial charge in [0.1, 0.15) is 10.7 Å². The molecule has 0 saturated heterocycles. The fourth-order valence-electron chi connectivity index (χ4n) is 1.10. The summed E-state index contributed by atoms with van der Waals surface area (Å²) in [4.78, 5) is 3.53. The van der Waals surface area contributed by atoms with Crippen molar-refractivity contribution in [3.63, 3.8) is 0 Å². The molecule has 0 fully saturated rings. The second-order valence-electron chi connectivity index (χ2n) is 3.29. The SMILES string of the molecule is Cc1nnc(Sc2cc(C(F)(F)F)ncc2N)s1. The predicted octanol–water partition coefficient (Wildman–Crippen LogP) is 2.99. The van der Waals surface area contributed by atoms with Gasteiger partial charge < -0.3 is 5.73 Å². The van der Waals surface area contributed by atoms with Crippen molar-refractivity contribution in [2.45, 2.75) is 22.3 Å². The second-order valence-corrected chi connectivity index (χ2v) is 5.76. The average Bonchev–Trinajstić information content (AvgIpc) is 2.66. The van der Waals surface area contributed by atoms with Gasteiger partial charge in [0.2, 0.25) is 0 Å². The summed E-state index contributed by atoms with van der Waals surface area (Å²) in [6.45, 7) is 1.76. The minimum atomic E-state index is -4.49. The molecule has 0 aromatic carbocycles. The number of aryl methyl sites for hydroxylation is 1. The monoisotopic (exact) mass is 292 g/mol. The Balaban J connectivity index is 2.32. The first kappa shape index (κ1) is 13.1. The number of alkyl halides is 3. The molecule has 0 aliphatic rings. The predicted molar refractivity (Wildman–Crippen MR) is 62.4 cm³/mol. The van der Waals surface area contributed by atoms with Gasteiger partial charge in [0.05, 0.1) is 11.9 Å². The molecule has 9 heteroatoms. The number of hydrogen-bond donors (Lipinski definition) is 1. The number of nitrogen functional groups attached to an aromatic ring is 1. The van der Waals surface area contributed by atoms with Crippen LogP contribution in [0.25, 0.3) is 0 Å². The van der Waals surface area contributed by atoms with Crippen molar-refractivity contribution in [3.8, 4) is 0 Å². The van der Waals surface area contributed by atoms with E-state index in [1.165, 1.54) is 11.3 Å². The molecule has 4 nitrogen and oxygen atoms in total. The van der Waals surface area contributed by atoms with E-state index >= 15 is 0 Å². The zero-order chi connectivity index (χ0) is 13.3. The number of nitrogens with two attached hydrogens (primary N) is 1. The molecule has 2 aromatic heterocycles. The van der Waals surface area contributed by atoms with Gasteiger partial charge in [-0.2, -0.15) is 13.2 Å². The van der Waals surface area contributed by atoms with Crippen LogP contribution in [-0.4, -0.2) is 15.2 Å². The molecule has 0 atom stereocenters. The Morgan fingerprint density at radius 1 is 1.33 bits per heavy atom. The van der Waals surface area contributed by atoms with Crippen molar-refractivity contribution >= 4 is 28.8 Å². The standard InChI is InChI=1S/C9H7F3N4S2/c1-4-15-16-8(17-4)18-6-2-7(9(10,11)12)14-3-5(6)13/h2-3H,13H2,1H3. The summed E-state index contributed by atoms with van der Waals surface area (Å²) in [5.74, 6) is 0. The van der Waals surface area contributed by atoms with Crippen LogP contribution in [0.5, 0.6) is 0 Å². The molecular formula is C9H7F3N4S2. The number of aromatic nitrogens is 3. The van der Waals surface area contributed by atoms with Crippen molar-refractivity contribution in [2.75, 3.05) is 5.73 Å². The lowest BCUT2D eigenvalue weighted by molar-refractivity contribution is -0.141. The summed E-state index contributed by atoms with van der Waals surface area (Å²) in [7, 11) is 0. The molecule has 0 aliphatic heterocycles. The van der Waals surface area contributed by atoms with Crippen molar-refractivity contribution in [2.24, 2.45) is 0 Å². The highest BCUT2D eigenvalue weighted by Crippen LogP contribution is 2.37. The van der Waals surface area contributed by atoms with E-state index in [1.807, 2.05) is 0 Å². The molecule has 2 aromatic rings. The van der Waals surface area contributed by atoms with Crippen molar-refractivity contribution in [1.29, 1.82) is 0 Å². The lowest BCUT2D eigenvalue weighted by Gasteiger charge is -2.08. The van der Waals surface area contributed by atoms with E-state index in [4.69, 9.17) is 5.73 Å². The fraction of sp³-hybridized carbons (Fsp3) is 0.222. The summed E-state index contributed by atoms with van der Waals surface area (Å²) in [6.07, 6.45) is -3.49. The van der Waals surface area contributed by atoms with Crippen LogP contribution < -0.4 is 5.73 Å². The molecule has 2 rings (SSSR count). The van der Waals surface area contributed by atoms with Crippen molar-refractivity contribution in [1.82, 2.24) is 15.2 Å². The van der Waals surface area contributed by atoms with Crippen LogP contribution in [0.4, 0.5) is 18.9 Å². The molecule has 96 valence electrons. The number of hydrogen-bond acceptors (Lipinski definition) is 6. The van der Waals surface area contributed by atoms with Crippen LogP contribution in [-0.2, 0) is 6.18 Å². The molecule has 0 amide bonds. The Morgan fingerprint density at radius 3 is 2.61 bits per heavy atom. The quantitative estimate of drug-likeness (QED) is 0.921. The Kier molecular flexibility index (Phi) is 3.44. The minimum Gasteiger partial charge on any atom is -0.397 e. The number of nitrogens with zero attached hydrogens (tertiary/aromatic N) is 3. The third kappa shape index (κ3) is 2.91. The van der Waals surface area contributed by atoms with Crippen molar-refractivity contribution in [3.05, 3.63) is 23.0 Å². The molecule has 0 unspecified atom stereocenters. The highest BCUT2D eigenvalue weighted by molar-refractivity contribution is 8.01. The van der Waals surface area contributed by atoms with E-state index in [0.29, 0.717) is 4.34 Å². The van der Waals surface area contributed by atoms with Crippen LogP contribution >= 0.6 is 23.1 Å². The molecule has 0 spiro atoms. The molecular weight excluding hydrogens is 285 g/mol. The minimum absolute atomic E-state index is 0.181. The maximum Gasteiger partial charge on any atom is 0.433 e. The van der Waals surface area contributed by atoms with E-state index < -0.39 is 11.9 Å². The summed E-state index contributed by atoms with van der Waals surface area (Å²) >= 11 is 2.33. The maximum absolute atomic E-state index is 12.5. The third-order valence-electron chi connectivity index (χ3n) is 1.89. The van der Waals surface area contributed by atoms with Gasteiger partial charge in [-0.25, -0.2) is 4.98 Å². The molecule has 18 heavy (non-hydrogen) atoms. The van der Waals surface area contributed by atoms with Gasteiger partial charge in [0, 0.05) is 4.90 Å². The molecule has 0 bridgehead atoms. The normalized spacial score (nSPS) is 11.8. The topological polar surface area (TPSA) is 64.7 Å². The summed E-state index contributed by atoms with van der Waals surface area (Å²) in [6, 6.07) is 0.913. The third-order valence-corrected chi connectivity index (χ3v) is 3.85. The van der Waals surface area contributed by atoms with Gasteiger partial charge in [-0.3, -0.25) is 0 Å². The molecule has 0 saturated carbocycles. The van der Waals surface area contributed by atoms with Crippen LogP contribution in [0, 0.1) is 6.92 Å². The van der Waals surface area contributed by atoms with E-state index in [2.05, 4.69) is 15.2 Å². The summed E-state index contributed by atoms with van der Waals surface area (Å²) in [5.41, 5.74) is 4.80. The first-order chi connectivity index (χ1) is 8.36. The summed E-state index contributed by atoms with van der Waals surface area (Å²) < 4.78 is 38.1. The second kappa shape index (κ2) is 4.73. The van der Waals surface area contributed by atoms with Gasteiger partial charge in [-0.15, -0.1) is 10.2 Å². The van der Waals surface area contributed by atoms with Gasteiger partial charge in [-0.05, 0) is 13.0 Å². The Morgan fingerprint density at radius 2 is 2.06 bits per heavy atom. The zero-order valence-corrected chi connectivity index (χ0v) is 10.7. The lowest BCUT2D eigenvalue weighted by Crippen LogP contribution is -2.08. The van der Waals surface area contributed by atoms with Gasteiger partial charge in [0.15, 0.2) is 4.34 Å². The Labute approximate surface area is 108 Å². The largest absolute Gasteiger partial charge is 0.433 e. The van der Waals surface area contributed by atoms with E-state index in [1.54, 1.807) is 6.92 Å². The molecule has 2 N–H and O–H groups in total. The van der Waals surface area contributed by atoms with E-state index in [0.717, 1.165) is 29.0 Å². The van der Waals surface area contributed by atoms with E-state index in [9.17, 15) is 13.2 Å². The Hall–Kier alpha value is -1.35. The van der Waals surface area contributed by atoms with Crippen molar-refractivity contribution < 1.29 is 13.2 Å². The highest BCUT2D eigenvalue weighted by atomic mass is 32.2. The molecule has 0 aliphatic carbocycles. The van der Waals surface area contributed by atoms with Gasteiger partial charge >= 0.3 is 6.18 Å². The van der Waals surface area contributed by atoms with E-state index in [-0.39, 0.29) is 10.6 Å².